The molecule has 0 unspecified atom stereocenters. The van der Waals surface area contributed by atoms with Gasteiger partial charge in [-0.1, -0.05) is 37.5 Å². The maximum Gasteiger partial charge on any atom is 0.252 e. The molecule has 1 saturated carbocycles. The Balaban J connectivity index is 1.61. The van der Waals surface area contributed by atoms with Crippen LogP contribution in [0, 0.1) is 6.92 Å². The van der Waals surface area contributed by atoms with Gasteiger partial charge in [0.25, 0.3) is 5.56 Å². The van der Waals surface area contributed by atoms with E-state index in [1.54, 1.807) is 18.2 Å². The van der Waals surface area contributed by atoms with Gasteiger partial charge in [0, 0.05) is 23.7 Å². The topological polar surface area (TPSA) is 96.0 Å². The van der Waals surface area contributed by atoms with E-state index in [0.717, 1.165) is 60.3 Å². The van der Waals surface area contributed by atoms with Gasteiger partial charge in [-0.15, -0.1) is 0 Å². The molecule has 1 aliphatic rings. The van der Waals surface area contributed by atoms with Gasteiger partial charge < -0.3 is 4.98 Å². The van der Waals surface area contributed by atoms with Crippen molar-refractivity contribution in [2.24, 2.45) is 0 Å². The molecule has 5 rings (SSSR count). The van der Waals surface area contributed by atoms with E-state index >= 15 is 0 Å². The van der Waals surface area contributed by atoms with Crippen molar-refractivity contribution in [3.05, 3.63) is 63.9 Å². The SMILES string of the molecule is Cc1ccc2cc(CN(C3CCCCC3)S(=O)(=O)c3cccc4nsnc34)c(=O)[nH]c2c1. The number of aryl methyl sites for hydroxylation is 1. The summed E-state index contributed by atoms with van der Waals surface area (Å²) in [6.07, 6.45) is 4.63. The summed E-state index contributed by atoms with van der Waals surface area (Å²) in [5.41, 5.74) is 2.95. The number of pyridine rings is 1. The molecule has 9 heteroatoms. The van der Waals surface area contributed by atoms with Crippen LogP contribution in [0.5, 0.6) is 0 Å². The van der Waals surface area contributed by atoms with Gasteiger partial charge in [-0.05, 0) is 55.0 Å². The summed E-state index contributed by atoms with van der Waals surface area (Å²) in [6.45, 7) is 2.00. The van der Waals surface area contributed by atoms with Crippen LogP contribution in [-0.4, -0.2) is 32.5 Å². The van der Waals surface area contributed by atoms with E-state index < -0.39 is 10.0 Å². The first-order valence-corrected chi connectivity index (χ1v) is 13.0. The van der Waals surface area contributed by atoms with Crippen molar-refractivity contribution in [2.45, 2.75) is 56.5 Å². The minimum atomic E-state index is -3.89. The van der Waals surface area contributed by atoms with E-state index in [1.807, 2.05) is 31.2 Å². The van der Waals surface area contributed by atoms with E-state index in [1.165, 1.54) is 4.31 Å². The van der Waals surface area contributed by atoms with Gasteiger partial charge in [-0.3, -0.25) is 4.79 Å². The van der Waals surface area contributed by atoms with Gasteiger partial charge in [0.1, 0.15) is 15.9 Å². The van der Waals surface area contributed by atoms with Gasteiger partial charge in [0.15, 0.2) is 0 Å². The standard InChI is InChI=1S/C23H24N4O3S2/c1-15-10-11-16-13-17(23(28)24-20(16)12-15)14-27(18-6-3-2-4-7-18)32(29,30)21-9-5-8-19-22(21)26-31-25-19/h5,8-13,18H,2-4,6-7,14H2,1H3,(H,24,28). The van der Waals surface area contributed by atoms with E-state index in [9.17, 15) is 13.2 Å². The number of aromatic nitrogens is 3. The number of H-pyrrole nitrogens is 1. The summed E-state index contributed by atoms with van der Waals surface area (Å²) in [7, 11) is -3.89. The molecule has 0 amide bonds. The molecule has 2 aromatic heterocycles. The summed E-state index contributed by atoms with van der Waals surface area (Å²) in [5.74, 6) is 0. The van der Waals surface area contributed by atoms with Crippen LogP contribution in [0.3, 0.4) is 0 Å². The molecule has 1 fully saturated rings. The lowest BCUT2D eigenvalue weighted by atomic mass is 9.95. The predicted molar refractivity (Wildman–Crippen MR) is 126 cm³/mol. The number of fused-ring (bicyclic) bond motifs is 2. The average molecular weight is 469 g/mol. The van der Waals surface area contributed by atoms with Crippen molar-refractivity contribution in [1.82, 2.24) is 18.0 Å². The van der Waals surface area contributed by atoms with Crippen LogP contribution in [0.25, 0.3) is 21.9 Å². The largest absolute Gasteiger partial charge is 0.322 e. The van der Waals surface area contributed by atoms with Gasteiger partial charge in [0.05, 0.1) is 11.7 Å². The van der Waals surface area contributed by atoms with Crippen molar-refractivity contribution >= 4 is 43.7 Å². The lowest BCUT2D eigenvalue weighted by Gasteiger charge is -2.33. The number of benzene rings is 2. The first-order valence-electron chi connectivity index (χ1n) is 10.8. The second-order valence-electron chi connectivity index (χ2n) is 8.44. The second-order valence-corrected chi connectivity index (χ2v) is 10.8. The smallest absolute Gasteiger partial charge is 0.252 e. The lowest BCUT2D eigenvalue weighted by molar-refractivity contribution is 0.247. The number of hydrogen-bond acceptors (Lipinski definition) is 6. The Bertz CT molecular complexity index is 1450. The van der Waals surface area contributed by atoms with E-state index in [0.29, 0.717) is 16.6 Å². The molecule has 0 spiro atoms. The molecule has 4 aromatic rings. The van der Waals surface area contributed by atoms with Crippen LogP contribution in [0.4, 0.5) is 0 Å². The Morgan fingerprint density at radius 3 is 2.72 bits per heavy atom. The Morgan fingerprint density at radius 1 is 1.09 bits per heavy atom. The molecule has 2 aromatic carbocycles. The monoisotopic (exact) mass is 468 g/mol. The number of hydrogen-bond donors (Lipinski definition) is 1. The summed E-state index contributed by atoms with van der Waals surface area (Å²) in [4.78, 5) is 16.0. The van der Waals surface area contributed by atoms with Gasteiger partial charge in [0.2, 0.25) is 10.0 Å². The fraction of sp³-hybridized carbons (Fsp3) is 0.348. The van der Waals surface area contributed by atoms with Crippen molar-refractivity contribution < 1.29 is 8.42 Å². The summed E-state index contributed by atoms with van der Waals surface area (Å²) in [5, 5.41) is 0.886. The van der Waals surface area contributed by atoms with Gasteiger partial charge in [-0.25, -0.2) is 8.42 Å². The molecular weight excluding hydrogens is 444 g/mol. The second kappa shape index (κ2) is 8.38. The number of nitrogens with one attached hydrogen (secondary N) is 1. The molecule has 32 heavy (non-hydrogen) atoms. The molecule has 166 valence electrons. The molecule has 1 aliphatic carbocycles. The molecule has 7 nitrogen and oxygen atoms in total. The molecule has 0 bridgehead atoms. The van der Waals surface area contributed by atoms with Crippen molar-refractivity contribution in [1.29, 1.82) is 0 Å². The zero-order valence-electron chi connectivity index (χ0n) is 17.7. The van der Waals surface area contributed by atoms with Gasteiger partial charge >= 0.3 is 0 Å². The Labute approximate surface area is 190 Å². The third-order valence-corrected chi connectivity index (χ3v) is 8.69. The lowest BCUT2D eigenvalue weighted by Crippen LogP contribution is -2.42. The van der Waals surface area contributed by atoms with Gasteiger partial charge in [-0.2, -0.15) is 13.1 Å². The van der Waals surface area contributed by atoms with Crippen LogP contribution < -0.4 is 5.56 Å². The Morgan fingerprint density at radius 2 is 1.91 bits per heavy atom. The Hall–Kier alpha value is -2.62. The van der Waals surface area contributed by atoms with E-state index in [-0.39, 0.29) is 23.0 Å². The van der Waals surface area contributed by atoms with E-state index in [2.05, 4.69) is 13.7 Å². The molecule has 0 aliphatic heterocycles. The molecule has 1 N–H and O–H groups in total. The number of nitrogens with zero attached hydrogens (tertiary/aromatic N) is 3. The highest BCUT2D eigenvalue weighted by molar-refractivity contribution is 7.89. The number of sulfonamides is 1. The Kier molecular flexibility index (Phi) is 5.56. The summed E-state index contributed by atoms with van der Waals surface area (Å²) >= 11 is 1.00. The third kappa shape index (κ3) is 3.85. The van der Waals surface area contributed by atoms with Crippen LogP contribution in [0.2, 0.25) is 0 Å². The first kappa shape index (κ1) is 21.2. The maximum absolute atomic E-state index is 13.9. The normalized spacial score (nSPS) is 15.7. The van der Waals surface area contributed by atoms with Crippen molar-refractivity contribution in [3.63, 3.8) is 0 Å². The highest BCUT2D eigenvalue weighted by Crippen LogP contribution is 2.32. The average Bonchev–Trinajstić information content (AvgIpc) is 3.27. The molecular formula is C23H24N4O3S2. The van der Waals surface area contributed by atoms with Crippen molar-refractivity contribution in [2.75, 3.05) is 0 Å². The third-order valence-electron chi connectivity index (χ3n) is 6.22. The molecule has 0 atom stereocenters. The fourth-order valence-electron chi connectivity index (χ4n) is 4.54. The zero-order chi connectivity index (χ0) is 22.3. The van der Waals surface area contributed by atoms with Crippen LogP contribution >= 0.6 is 11.7 Å². The number of rotatable bonds is 5. The van der Waals surface area contributed by atoms with Crippen molar-refractivity contribution in [3.8, 4) is 0 Å². The number of aromatic amines is 1. The summed E-state index contributed by atoms with van der Waals surface area (Å²) in [6, 6.07) is 12.6. The molecule has 0 radical (unpaired) electrons. The maximum atomic E-state index is 13.9. The van der Waals surface area contributed by atoms with Crippen LogP contribution in [-0.2, 0) is 16.6 Å². The minimum Gasteiger partial charge on any atom is -0.322 e. The molecule has 0 saturated heterocycles. The predicted octanol–water partition coefficient (Wildman–Crippen LogP) is 4.36. The summed E-state index contributed by atoms with van der Waals surface area (Å²) < 4.78 is 37.8. The quantitative estimate of drug-likeness (QED) is 0.469. The van der Waals surface area contributed by atoms with Crippen LogP contribution in [0.15, 0.2) is 52.2 Å². The highest BCUT2D eigenvalue weighted by atomic mass is 32.2. The zero-order valence-corrected chi connectivity index (χ0v) is 19.4. The fourth-order valence-corrected chi connectivity index (χ4v) is 6.96. The van der Waals surface area contributed by atoms with E-state index in [4.69, 9.17) is 0 Å². The van der Waals surface area contributed by atoms with Crippen LogP contribution in [0.1, 0.15) is 43.2 Å². The minimum absolute atomic E-state index is 0.0279. The first-order chi connectivity index (χ1) is 15.4. The highest BCUT2D eigenvalue weighted by Gasteiger charge is 2.34. The molecule has 2 heterocycles.